The van der Waals surface area contributed by atoms with Gasteiger partial charge in [-0.3, -0.25) is 0 Å². The number of hydrogen-bond donors (Lipinski definition) is 1. The average molecular weight is 466 g/mol. The summed E-state index contributed by atoms with van der Waals surface area (Å²) in [4.78, 5) is 17.5. The van der Waals surface area contributed by atoms with Gasteiger partial charge < -0.3 is 14.6 Å². The maximum Gasteiger partial charge on any atom is 0.187 e. The van der Waals surface area contributed by atoms with Gasteiger partial charge in [-0.15, -0.1) is 12.4 Å². The van der Waals surface area contributed by atoms with E-state index in [2.05, 4.69) is 28.3 Å². The molecule has 0 radical (unpaired) electrons. The van der Waals surface area contributed by atoms with E-state index in [1.807, 2.05) is 41.9 Å². The summed E-state index contributed by atoms with van der Waals surface area (Å²) in [5, 5.41) is 14.3. The Balaban J connectivity index is 0.00000216. The highest BCUT2D eigenvalue weighted by Gasteiger charge is 2.35. The van der Waals surface area contributed by atoms with E-state index in [1.54, 1.807) is 11.3 Å². The minimum Gasteiger partial charge on any atom is -0.348 e. The van der Waals surface area contributed by atoms with Crippen molar-refractivity contribution in [1.29, 1.82) is 5.26 Å². The third-order valence-corrected chi connectivity index (χ3v) is 7.69. The molecule has 0 saturated carbocycles. The molecule has 32 heavy (non-hydrogen) atoms. The number of nitriles is 1. The number of halogens is 1. The number of thiazole rings is 1. The van der Waals surface area contributed by atoms with Crippen LogP contribution in [0, 0.1) is 18.3 Å². The van der Waals surface area contributed by atoms with Crippen LogP contribution in [0.25, 0.3) is 27.3 Å². The number of hydrogen-bond acceptors (Lipinski definition) is 7. The summed E-state index contributed by atoms with van der Waals surface area (Å²) in [6, 6.07) is 10.00. The van der Waals surface area contributed by atoms with Gasteiger partial charge in [0.2, 0.25) is 0 Å². The van der Waals surface area contributed by atoms with E-state index in [1.165, 1.54) is 25.7 Å². The van der Waals surface area contributed by atoms with Crippen LogP contribution in [0.1, 0.15) is 36.9 Å². The summed E-state index contributed by atoms with van der Waals surface area (Å²) in [7, 11) is 2.17. The summed E-state index contributed by atoms with van der Waals surface area (Å²) < 4.78 is 1.91. The molecule has 1 N–H and O–H groups in total. The van der Waals surface area contributed by atoms with E-state index in [0.717, 1.165) is 32.4 Å². The number of fused-ring (bicyclic) bond motifs is 4. The smallest absolute Gasteiger partial charge is 0.187 e. The molecule has 0 aromatic carbocycles. The molecule has 4 aromatic rings. The van der Waals surface area contributed by atoms with Gasteiger partial charge in [0.05, 0.1) is 17.0 Å². The number of aryl methyl sites for hydroxylation is 1. The minimum absolute atomic E-state index is 0. The van der Waals surface area contributed by atoms with Crippen LogP contribution < -0.4 is 10.2 Å². The highest BCUT2D eigenvalue weighted by atomic mass is 35.5. The van der Waals surface area contributed by atoms with Gasteiger partial charge in [0, 0.05) is 43.1 Å². The van der Waals surface area contributed by atoms with E-state index >= 15 is 0 Å². The van der Waals surface area contributed by atoms with Crippen LogP contribution in [0.4, 0.5) is 5.13 Å². The fraction of sp³-hybridized carbons (Fsp3) is 0.391. The van der Waals surface area contributed by atoms with E-state index in [4.69, 9.17) is 9.97 Å². The lowest BCUT2D eigenvalue weighted by Crippen LogP contribution is -2.47. The number of pyridine rings is 2. The predicted octanol–water partition coefficient (Wildman–Crippen LogP) is 4.33. The molecular formula is C23H24ClN7S. The Morgan fingerprint density at radius 2 is 1.94 bits per heavy atom. The zero-order valence-electron chi connectivity index (χ0n) is 17.9. The fourth-order valence-electron chi connectivity index (χ4n) is 5.06. The molecule has 9 heteroatoms. The standard InChI is InChI=1S/C23H23N7S.ClH/c1-13-11-30-12-15(7-14(10-24)21(30)25-13)19-5-6-20-22(27-19)31-23(28-20)29(2)18-8-16-3-4-17(9-18)26-16;/h5-7,11-12,16-18,26H,3-4,8-9H2,1-2H3;1H/t16-,17+,18?;. The lowest BCUT2D eigenvalue weighted by atomic mass is 9.99. The lowest BCUT2D eigenvalue weighted by molar-refractivity contribution is 0.354. The lowest BCUT2D eigenvalue weighted by Gasteiger charge is -2.35. The van der Waals surface area contributed by atoms with Gasteiger partial charge in [0.1, 0.15) is 16.4 Å². The molecule has 7 nitrogen and oxygen atoms in total. The Hall–Kier alpha value is -2.73. The van der Waals surface area contributed by atoms with Gasteiger partial charge in [-0.05, 0) is 50.8 Å². The second kappa shape index (κ2) is 8.00. The van der Waals surface area contributed by atoms with Gasteiger partial charge in [0.15, 0.2) is 10.8 Å². The van der Waals surface area contributed by atoms with E-state index in [0.29, 0.717) is 29.3 Å². The molecule has 0 amide bonds. The highest BCUT2D eigenvalue weighted by molar-refractivity contribution is 7.21. The van der Waals surface area contributed by atoms with Crippen LogP contribution in [0.3, 0.4) is 0 Å². The van der Waals surface area contributed by atoms with E-state index in [9.17, 15) is 5.26 Å². The summed E-state index contributed by atoms with van der Waals surface area (Å²) in [6.45, 7) is 1.93. The van der Waals surface area contributed by atoms with E-state index in [-0.39, 0.29) is 12.4 Å². The van der Waals surface area contributed by atoms with Gasteiger partial charge in [-0.2, -0.15) is 5.26 Å². The number of piperidine rings is 1. The number of aromatic nitrogens is 4. The Bertz CT molecular complexity index is 1340. The van der Waals surface area contributed by atoms with Crippen LogP contribution in [0.5, 0.6) is 0 Å². The Kier molecular flexibility index (Phi) is 5.28. The number of nitrogens with one attached hydrogen (secondary N) is 1. The van der Waals surface area contributed by atoms with Crippen LogP contribution in [-0.2, 0) is 0 Å². The quantitative estimate of drug-likeness (QED) is 0.485. The second-order valence-electron chi connectivity index (χ2n) is 8.76. The molecule has 4 aromatic heterocycles. The van der Waals surface area contributed by atoms with Crippen LogP contribution in [0.15, 0.2) is 30.6 Å². The molecule has 6 rings (SSSR count). The monoisotopic (exact) mass is 465 g/mol. The van der Waals surface area contributed by atoms with Crippen molar-refractivity contribution in [2.45, 2.75) is 50.7 Å². The molecular weight excluding hydrogens is 442 g/mol. The maximum atomic E-state index is 9.58. The zero-order chi connectivity index (χ0) is 21.1. The van der Waals surface area contributed by atoms with Gasteiger partial charge in [0.25, 0.3) is 0 Å². The molecule has 2 bridgehead atoms. The highest BCUT2D eigenvalue weighted by Crippen LogP contribution is 2.35. The zero-order valence-corrected chi connectivity index (χ0v) is 19.6. The number of rotatable bonds is 3. The second-order valence-corrected chi connectivity index (χ2v) is 9.71. The normalized spacial score (nSPS) is 22.1. The molecule has 0 aliphatic carbocycles. The van der Waals surface area contributed by atoms with Crippen molar-refractivity contribution in [3.8, 4) is 17.3 Å². The fourth-order valence-corrected chi connectivity index (χ4v) is 6.03. The Labute approximate surface area is 196 Å². The van der Waals surface area contributed by atoms with Crippen LogP contribution in [-0.4, -0.2) is 44.5 Å². The van der Waals surface area contributed by atoms with Gasteiger partial charge in [-0.1, -0.05) is 11.3 Å². The SMILES string of the molecule is Cc1cn2cc(-c3ccc4nc(N(C)C5C[C@H]6CC[C@@H](C5)N6)sc4n3)cc(C#N)c2n1.Cl. The first-order valence-corrected chi connectivity index (χ1v) is 11.6. The van der Waals surface area contributed by atoms with Crippen molar-refractivity contribution in [3.05, 3.63) is 41.9 Å². The number of imidazole rings is 1. The number of nitrogens with zero attached hydrogens (tertiary/aromatic N) is 6. The molecule has 0 spiro atoms. The van der Waals surface area contributed by atoms with Crippen molar-refractivity contribution in [2.24, 2.45) is 0 Å². The van der Waals surface area contributed by atoms with Crippen LogP contribution >= 0.6 is 23.7 Å². The first-order chi connectivity index (χ1) is 15.1. The van der Waals surface area contributed by atoms with Crippen molar-refractivity contribution in [3.63, 3.8) is 0 Å². The molecule has 1 unspecified atom stereocenters. The van der Waals surface area contributed by atoms with Crippen molar-refractivity contribution in [1.82, 2.24) is 24.7 Å². The molecule has 2 saturated heterocycles. The number of anilines is 1. The molecule has 2 aliphatic rings. The average Bonchev–Trinajstić information content (AvgIpc) is 3.46. The third kappa shape index (κ3) is 3.51. The summed E-state index contributed by atoms with van der Waals surface area (Å²) in [5.41, 5.74) is 4.79. The predicted molar refractivity (Wildman–Crippen MR) is 130 cm³/mol. The Morgan fingerprint density at radius 1 is 1.16 bits per heavy atom. The van der Waals surface area contributed by atoms with Crippen molar-refractivity contribution < 1.29 is 0 Å². The Morgan fingerprint density at radius 3 is 2.69 bits per heavy atom. The van der Waals surface area contributed by atoms with Crippen molar-refractivity contribution >= 4 is 44.9 Å². The first kappa shape index (κ1) is 21.1. The largest absolute Gasteiger partial charge is 0.348 e. The topological polar surface area (TPSA) is 82.1 Å². The summed E-state index contributed by atoms with van der Waals surface area (Å²) >= 11 is 1.65. The van der Waals surface area contributed by atoms with Gasteiger partial charge in [-0.25, -0.2) is 15.0 Å². The minimum atomic E-state index is 0. The van der Waals surface area contributed by atoms with Gasteiger partial charge >= 0.3 is 0 Å². The molecule has 6 heterocycles. The summed E-state index contributed by atoms with van der Waals surface area (Å²) in [5.74, 6) is 0. The van der Waals surface area contributed by atoms with E-state index < -0.39 is 0 Å². The van der Waals surface area contributed by atoms with Crippen molar-refractivity contribution in [2.75, 3.05) is 11.9 Å². The molecule has 2 aliphatic heterocycles. The molecule has 3 atom stereocenters. The molecule has 2 fully saturated rings. The van der Waals surface area contributed by atoms with Crippen LogP contribution in [0.2, 0.25) is 0 Å². The molecule has 164 valence electrons. The summed E-state index contributed by atoms with van der Waals surface area (Å²) in [6.07, 6.45) is 8.88. The first-order valence-electron chi connectivity index (χ1n) is 10.7. The maximum absolute atomic E-state index is 9.58. The third-order valence-electron chi connectivity index (χ3n) is 6.63.